The van der Waals surface area contributed by atoms with E-state index in [4.69, 9.17) is 4.74 Å². The number of nitrogens with zero attached hydrogens (tertiary/aromatic N) is 1. The molecule has 2 aromatic rings. The van der Waals surface area contributed by atoms with Gasteiger partial charge in [-0.05, 0) is 37.8 Å². The van der Waals surface area contributed by atoms with E-state index in [1.54, 1.807) is 13.8 Å². The van der Waals surface area contributed by atoms with Crippen LogP contribution in [0.2, 0.25) is 0 Å². The van der Waals surface area contributed by atoms with Gasteiger partial charge in [-0.15, -0.1) is 23.1 Å². The fourth-order valence-corrected chi connectivity index (χ4v) is 5.44. The molecule has 3 rings (SSSR count). The summed E-state index contributed by atoms with van der Waals surface area (Å²) in [4.78, 5) is 13.6. The van der Waals surface area contributed by atoms with E-state index >= 15 is 0 Å². The Morgan fingerprint density at radius 2 is 2.10 bits per heavy atom. The molecule has 1 aliphatic heterocycles. The van der Waals surface area contributed by atoms with E-state index in [0.717, 1.165) is 10.4 Å². The average molecular weight is 429 g/mol. The first-order valence-corrected chi connectivity index (χ1v) is 11.3. The van der Waals surface area contributed by atoms with Gasteiger partial charge in [-0.3, -0.25) is 4.79 Å². The van der Waals surface area contributed by atoms with Gasteiger partial charge in [-0.1, -0.05) is 35.9 Å². The summed E-state index contributed by atoms with van der Waals surface area (Å²) >= 11 is 2.92. The Kier molecular flexibility index (Phi) is 6.68. The van der Waals surface area contributed by atoms with Crippen LogP contribution >= 0.6 is 23.1 Å². The van der Waals surface area contributed by atoms with Gasteiger partial charge in [-0.2, -0.15) is 5.26 Å². The van der Waals surface area contributed by atoms with Gasteiger partial charge in [0.1, 0.15) is 11.6 Å². The summed E-state index contributed by atoms with van der Waals surface area (Å²) in [6.45, 7) is 5.54. The van der Waals surface area contributed by atoms with Gasteiger partial charge in [0.2, 0.25) is 0 Å². The summed E-state index contributed by atoms with van der Waals surface area (Å²) < 4.78 is 5.24. The van der Waals surface area contributed by atoms with Gasteiger partial charge in [0.15, 0.2) is 0 Å². The molecule has 152 valence electrons. The van der Waals surface area contributed by atoms with E-state index in [0.29, 0.717) is 16.4 Å². The van der Waals surface area contributed by atoms with Gasteiger partial charge in [0, 0.05) is 16.5 Å². The molecule has 3 atom stereocenters. The molecule has 0 saturated carbocycles. The third kappa shape index (κ3) is 4.67. The number of hydrogen-bond acceptors (Lipinski definition) is 7. The number of esters is 1. The second-order valence-electron chi connectivity index (χ2n) is 7.12. The van der Waals surface area contributed by atoms with E-state index in [9.17, 15) is 15.2 Å². The van der Waals surface area contributed by atoms with Gasteiger partial charge >= 0.3 is 5.97 Å². The SMILES string of the molecule is CCOC(=O)[C@@H]1[C@@H](c2cccs2)C(C#N)=C(SCc2ccc(C)cc2)N[C@]1(C)O. The lowest BCUT2D eigenvalue weighted by Gasteiger charge is -2.42. The molecule has 7 heteroatoms. The second kappa shape index (κ2) is 9.04. The third-order valence-corrected chi connectivity index (χ3v) is 6.92. The highest BCUT2D eigenvalue weighted by Crippen LogP contribution is 2.46. The number of aliphatic hydroxyl groups is 1. The Balaban J connectivity index is 2.00. The number of nitrogens with one attached hydrogen (secondary N) is 1. The Morgan fingerprint density at radius 1 is 1.38 bits per heavy atom. The largest absolute Gasteiger partial charge is 0.466 e. The minimum atomic E-state index is -1.54. The van der Waals surface area contributed by atoms with Crippen LogP contribution in [-0.2, 0) is 15.3 Å². The van der Waals surface area contributed by atoms with Crippen molar-refractivity contribution in [1.29, 1.82) is 5.26 Å². The molecule has 2 heterocycles. The molecule has 0 saturated heterocycles. The number of benzene rings is 1. The van der Waals surface area contributed by atoms with Crippen molar-refractivity contribution in [3.8, 4) is 6.07 Å². The quantitative estimate of drug-likeness (QED) is 0.668. The number of nitriles is 1. The molecule has 1 aromatic carbocycles. The van der Waals surface area contributed by atoms with Crippen molar-refractivity contribution in [3.63, 3.8) is 0 Å². The maximum absolute atomic E-state index is 12.7. The van der Waals surface area contributed by atoms with Gasteiger partial charge < -0.3 is 15.2 Å². The third-order valence-electron chi connectivity index (χ3n) is 4.88. The monoisotopic (exact) mass is 428 g/mol. The van der Waals surface area contributed by atoms with Crippen LogP contribution in [0.3, 0.4) is 0 Å². The van der Waals surface area contributed by atoms with E-state index in [1.165, 1.54) is 28.7 Å². The van der Waals surface area contributed by atoms with E-state index in [-0.39, 0.29) is 6.61 Å². The zero-order chi connectivity index (χ0) is 21.0. The Hall–Kier alpha value is -2.27. The molecule has 2 N–H and O–H groups in total. The maximum atomic E-state index is 12.7. The van der Waals surface area contributed by atoms with Gasteiger partial charge in [0.05, 0.1) is 23.3 Å². The van der Waals surface area contributed by atoms with E-state index in [2.05, 4.69) is 11.4 Å². The molecule has 1 aromatic heterocycles. The Labute approximate surface area is 179 Å². The molecular weight excluding hydrogens is 404 g/mol. The number of hydrogen-bond donors (Lipinski definition) is 2. The number of carbonyl (C=O) groups is 1. The molecule has 0 fully saturated rings. The highest BCUT2D eigenvalue weighted by Gasteiger charge is 2.51. The number of ether oxygens (including phenoxy) is 1. The summed E-state index contributed by atoms with van der Waals surface area (Å²) in [6.07, 6.45) is 0. The molecule has 0 spiro atoms. The standard InChI is InChI=1S/C22H24N2O3S2/c1-4-27-21(25)19-18(17-6-5-11-28-17)16(12-23)20(24-22(19,3)26)29-13-15-9-7-14(2)8-10-15/h5-11,18-19,24,26H,4,13H2,1-3H3/t18-,19+,22-/m1/s1. The predicted octanol–water partition coefficient (Wildman–Crippen LogP) is 4.30. The lowest BCUT2D eigenvalue weighted by molar-refractivity contribution is -0.160. The lowest BCUT2D eigenvalue weighted by Crippen LogP contribution is -2.56. The van der Waals surface area contributed by atoms with Crippen LogP contribution in [-0.4, -0.2) is 23.4 Å². The zero-order valence-electron chi connectivity index (χ0n) is 16.6. The summed E-state index contributed by atoms with van der Waals surface area (Å²) in [5.41, 5.74) is 1.21. The maximum Gasteiger partial charge on any atom is 0.314 e. The Bertz CT molecular complexity index is 928. The lowest BCUT2D eigenvalue weighted by atomic mass is 9.76. The molecule has 0 bridgehead atoms. The van der Waals surface area contributed by atoms with E-state index in [1.807, 2.05) is 48.7 Å². The van der Waals surface area contributed by atoms with Gasteiger partial charge in [0.25, 0.3) is 0 Å². The number of rotatable bonds is 6. The second-order valence-corrected chi connectivity index (χ2v) is 9.09. The molecule has 1 aliphatic rings. The summed E-state index contributed by atoms with van der Waals surface area (Å²) in [5, 5.41) is 26.7. The number of allylic oxidation sites excluding steroid dienone is 1. The van der Waals surface area contributed by atoms with Crippen molar-refractivity contribution < 1.29 is 14.6 Å². The van der Waals surface area contributed by atoms with Crippen LogP contribution in [0.25, 0.3) is 0 Å². The van der Waals surface area contributed by atoms with Gasteiger partial charge in [-0.25, -0.2) is 0 Å². The van der Waals surface area contributed by atoms with Crippen molar-refractivity contribution in [2.24, 2.45) is 5.92 Å². The normalized spacial score (nSPS) is 24.0. The van der Waals surface area contributed by atoms with Crippen molar-refractivity contribution in [3.05, 3.63) is 68.4 Å². The van der Waals surface area contributed by atoms with Crippen LogP contribution in [0.4, 0.5) is 0 Å². The average Bonchev–Trinajstić information content (AvgIpc) is 3.21. The number of thioether (sulfide) groups is 1. The minimum absolute atomic E-state index is 0.212. The first kappa shape index (κ1) is 21.4. The molecule has 0 unspecified atom stereocenters. The van der Waals surface area contributed by atoms with Crippen molar-refractivity contribution in [1.82, 2.24) is 5.32 Å². The highest BCUT2D eigenvalue weighted by molar-refractivity contribution is 8.02. The Morgan fingerprint density at radius 3 is 2.69 bits per heavy atom. The molecular formula is C22H24N2O3S2. The smallest absolute Gasteiger partial charge is 0.314 e. The van der Waals surface area contributed by atoms with Crippen LogP contribution in [0.1, 0.15) is 35.8 Å². The summed E-state index contributed by atoms with van der Waals surface area (Å²) in [6, 6.07) is 14.3. The number of carbonyl (C=O) groups excluding carboxylic acids is 1. The van der Waals surface area contributed by atoms with Crippen molar-refractivity contribution in [2.45, 2.75) is 38.2 Å². The van der Waals surface area contributed by atoms with Crippen molar-refractivity contribution in [2.75, 3.05) is 6.61 Å². The van der Waals surface area contributed by atoms with Crippen LogP contribution < -0.4 is 5.32 Å². The minimum Gasteiger partial charge on any atom is -0.466 e. The van der Waals surface area contributed by atoms with Crippen LogP contribution in [0.5, 0.6) is 0 Å². The first-order valence-electron chi connectivity index (χ1n) is 9.40. The number of thiophene rings is 1. The first-order chi connectivity index (χ1) is 13.9. The topological polar surface area (TPSA) is 82.4 Å². The number of aryl methyl sites for hydroxylation is 1. The molecule has 0 amide bonds. The van der Waals surface area contributed by atoms with Crippen LogP contribution in [0, 0.1) is 24.2 Å². The fourth-order valence-electron chi connectivity index (χ4n) is 3.45. The van der Waals surface area contributed by atoms with Crippen LogP contribution in [0.15, 0.2) is 52.4 Å². The molecule has 29 heavy (non-hydrogen) atoms. The summed E-state index contributed by atoms with van der Waals surface area (Å²) in [7, 11) is 0. The molecule has 0 aliphatic carbocycles. The molecule has 5 nitrogen and oxygen atoms in total. The van der Waals surface area contributed by atoms with E-state index < -0.39 is 23.5 Å². The fraction of sp³-hybridized carbons (Fsp3) is 0.364. The summed E-state index contributed by atoms with van der Waals surface area (Å²) in [5.74, 6) is -1.35. The predicted molar refractivity (Wildman–Crippen MR) is 116 cm³/mol. The van der Waals surface area contributed by atoms with Crippen molar-refractivity contribution >= 4 is 29.1 Å². The zero-order valence-corrected chi connectivity index (χ0v) is 18.3. The molecule has 0 radical (unpaired) electrons. The highest BCUT2D eigenvalue weighted by atomic mass is 32.2.